The van der Waals surface area contributed by atoms with Gasteiger partial charge in [0.25, 0.3) is 0 Å². The lowest BCUT2D eigenvalue weighted by Crippen LogP contribution is -2.41. The van der Waals surface area contributed by atoms with E-state index in [1.54, 1.807) is 13.3 Å². The molecule has 0 bridgehead atoms. The fourth-order valence-electron chi connectivity index (χ4n) is 5.18. The molecule has 2 aromatic carbocycles. The summed E-state index contributed by atoms with van der Waals surface area (Å²) in [7, 11) is 1.60. The summed E-state index contributed by atoms with van der Waals surface area (Å²) >= 11 is 6.52. The van der Waals surface area contributed by atoms with Gasteiger partial charge in [-0.05, 0) is 79.6 Å². The molecule has 1 saturated heterocycles. The second-order valence-electron chi connectivity index (χ2n) is 9.65. The molecule has 3 aromatic rings. The summed E-state index contributed by atoms with van der Waals surface area (Å²) in [6, 6.07) is 8.40. The first-order valence-electron chi connectivity index (χ1n) is 12.5. The number of methoxy groups -OCH3 is 1. The normalized spacial score (nSPS) is 18.6. The molecule has 200 valence electrons. The summed E-state index contributed by atoms with van der Waals surface area (Å²) in [5.74, 6) is 4.40. The van der Waals surface area contributed by atoms with Crippen molar-refractivity contribution < 1.29 is 23.4 Å². The van der Waals surface area contributed by atoms with Crippen molar-refractivity contribution in [2.45, 2.75) is 31.7 Å². The predicted octanol–water partition coefficient (Wildman–Crippen LogP) is 5.42. The molecule has 0 aliphatic carbocycles. The minimum absolute atomic E-state index is 0.0101. The molecule has 4 rings (SSSR count). The van der Waals surface area contributed by atoms with Crippen molar-refractivity contribution in [3.05, 3.63) is 70.4 Å². The number of halogens is 3. The third kappa shape index (κ3) is 6.79. The first kappa shape index (κ1) is 27.8. The average molecular weight is 542 g/mol. The molecule has 6 nitrogen and oxygen atoms in total. The van der Waals surface area contributed by atoms with E-state index >= 15 is 0 Å². The zero-order valence-electron chi connectivity index (χ0n) is 21.1. The second kappa shape index (κ2) is 12.5. The van der Waals surface area contributed by atoms with Gasteiger partial charge in [-0.25, -0.2) is 8.78 Å². The average Bonchev–Trinajstić information content (AvgIpc) is 2.89. The van der Waals surface area contributed by atoms with Gasteiger partial charge < -0.3 is 15.6 Å². The zero-order valence-corrected chi connectivity index (χ0v) is 21.8. The van der Waals surface area contributed by atoms with Crippen LogP contribution in [-0.4, -0.2) is 47.7 Å². The third-order valence-electron chi connectivity index (χ3n) is 7.15. The van der Waals surface area contributed by atoms with Gasteiger partial charge in [0.15, 0.2) is 0 Å². The standard InChI is InChI=1S/C29H30ClF2N3O3/c1-38-22-6-9-27-23(15-22)29(24(30)16-34-27)26(33)8-4-18-10-12-35(17-20(18)14-28(36)37)11-2-3-19-13-21(31)5-7-25(19)32/h5-7,9,13,15-16,18,20,26H,4,8,10-12,14,17,33H2,1H3,(H,36,37)/t18?,20?,26-/m1/s1. The number of nitrogens with zero attached hydrogens (tertiary/aromatic N) is 2. The van der Waals surface area contributed by atoms with Crippen LogP contribution in [-0.2, 0) is 4.79 Å². The second-order valence-corrected chi connectivity index (χ2v) is 10.1. The topological polar surface area (TPSA) is 88.7 Å². The van der Waals surface area contributed by atoms with Crippen molar-refractivity contribution in [1.29, 1.82) is 0 Å². The monoisotopic (exact) mass is 541 g/mol. The van der Waals surface area contributed by atoms with Crippen LogP contribution in [0.4, 0.5) is 8.78 Å². The van der Waals surface area contributed by atoms with E-state index in [-0.39, 0.29) is 29.9 Å². The smallest absolute Gasteiger partial charge is 0.303 e. The van der Waals surface area contributed by atoms with E-state index in [4.69, 9.17) is 22.1 Å². The molecule has 0 saturated carbocycles. The molecule has 1 fully saturated rings. The van der Waals surface area contributed by atoms with Crippen LogP contribution in [0.15, 0.2) is 42.6 Å². The maximum absolute atomic E-state index is 13.8. The van der Waals surface area contributed by atoms with Gasteiger partial charge in [0, 0.05) is 30.6 Å². The number of fused-ring (bicyclic) bond motifs is 1. The van der Waals surface area contributed by atoms with E-state index < -0.39 is 17.6 Å². The summed E-state index contributed by atoms with van der Waals surface area (Å²) in [6.45, 7) is 1.63. The van der Waals surface area contributed by atoms with Crippen molar-refractivity contribution in [1.82, 2.24) is 9.88 Å². The van der Waals surface area contributed by atoms with Crippen LogP contribution in [0.3, 0.4) is 0 Å². The van der Waals surface area contributed by atoms with Crippen LogP contribution >= 0.6 is 11.6 Å². The molecule has 2 unspecified atom stereocenters. The van der Waals surface area contributed by atoms with Crippen LogP contribution < -0.4 is 10.5 Å². The van der Waals surface area contributed by atoms with Gasteiger partial charge >= 0.3 is 5.97 Å². The maximum Gasteiger partial charge on any atom is 0.303 e. The van der Waals surface area contributed by atoms with Gasteiger partial charge in [-0.15, -0.1) is 0 Å². The highest BCUT2D eigenvalue weighted by molar-refractivity contribution is 6.32. The van der Waals surface area contributed by atoms with E-state index in [0.29, 0.717) is 30.3 Å². The number of hydrogen-bond donors (Lipinski definition) is 2. The summed E-state index contributed by atoms with van der Waals surface area (Å²) in [4.78, 5) is 18.1. The number of nitrogens with two attached hydrogens (primary N) is 1. The molecular formula is C29H30ClF2N3O3. The Hall–Kier alpha value is -3.25. The van der Waals surface area contributed by atoms with Gasteiger partial charge in [-0.1, -0.05) is 23.4 Å². The van der Waals surface area contributed by atoms with Crippen molar-refractivity contribution in [2.75, 3.05) is 26.7 Å². The molecular weight excluding hydrogens is 512 g/mol. The number of aliphatic carboxylic acids is 1. The molecule has 0 amide bonds. The molecule has 2 heterocycles. The van der Waals surface area contributed by atoms with Crippen molar-refractivity contribution >= 4 is 28.5 Å². The van der Waals surface area contributed by atoms with Gasteiger partial charge in [0.2, 0.25) is 0 Å². The Morgan fingerprint density at radius 3 is 2.87 bits per heavy atom. The van der Waals surface area contributed by atoms with Gasteiger partial charge in [-0.3, -0.25) is 14.7 Å². The number of pyridine rings is 1. The highest BCUT2D eigenvalue weighted by Crippen LogP contribution is 2.36. The number of benzene rings is 2. The minimum atomic E-state index is -0.852. The number of carboxylic acid groups (broad SMARTS) is 1. The molecule has 1 aliphatic heterocycles. The number of ether oxygens (including phenoxy) is 1. The fourth-order valence-corrected chi connectivity index (χ4v) is 5.48. The SMILES string of the molecule is COc1ccc2ncc(Cl)c([C@H](N)CCC3CCN(CC#Cc4cc(F)ccc4F)CC3CC(=O)O)c2c1. The summed E-state index contributed by atoms with van der Waals surface area (Å²) < 4.78 is 32.6. The number of hydrogen-bond acceptors (Lipinski definition) is 5. The summed E-state index contributed by atoms with van der Waals surface area (Å²) in [6.07, 6.45) is 3.82. The van der Waals surface area contributed by atoms with Crippen molar-refractivity contribution in [3.8, 4) is 17.6 Å². The van der Waals surface area contributed by atoms with Gasteiger partial charge in [0.1, 0.15) is 17.4 Å². The Morgan fingerprint density at radius 2 is 2.11 bits per heavy atom. The number of carbonyl (C=O) groups is 1. The molecule has 0 radical (unpaired) electrons. The molecule has 1 aromatic heterocycles. The highest BCUT2D eigenvalue weighted by atomic mass is 35.5. The van der Waals surface area contributed by atoms with Crippen LogP contribution in [0.1, 0.15) is 42.9 Å². The molecule has 9 heteroatoms. The highest BCUT2D eigenvalue weighted by Gasteiger charge is 2.31. The molecule has 1 aliphatic rings. The Bertz CT molecular complexity index is 1370. The lowest BCUT2D eigenvalue weighted by molar-refractivity contribution is -0.139. The van der Waals surface area contributed by atoms with Crippen LogP contribution in [0.25, 0.3) is 10.9 Å². The number of carboxylic acids is 1. The number of likely N-dealkylation sites (tertiary alicyclic amines) is 1. The Kier molecular flexibility index (Phi) is 9.16. The lowest BCUT2D eigenvalue weighted by atomic mass is 9.79. The lowest BCUT2D eigenvalue weighted by Gasteiger charge is -2.37. The molecule has 38 heavy (non-hydrogen) atoms. The number of piperidine rings is 1. The first-order chi connectivity index (χ1) is 18.2. The van der Waals surface area contributed by atoms with Crippen LogP contribution in [0.5, 0.6) is 5.75 Å². The zero-order chi connectivity index (χ0) is 27.2. The van der Waals surface area contributed by atoms with E-state index in [9.17, 15) is 18.7 Å². The maximum atomic E-state index is 13.8. The Labute approximate surface area is 225 Å². The summed E-state index contributed by atoms with van der Waals surface area (Å²) in [5.41, 5.74) is 8.23. The van der Waals surface area contributed by atoms with Gasteiger partial charge in [-0.2, -0.15) is 0 Å². The van der Waals surface area contributed by atoms with E-state index in [1.165, 1.54) is 0 Å². The quantitative estimate of drug-likeness (QED) is 0.370. The summed E-state index contributed by atoms with van der Waals surface area (Å²) in [5, 5.41) is 10.9. The largest absolute Gasteiger partial charge is 0.497 e. The van der Waals surface area contributed by atoms with E-state index in [0.717, 1.165) is 54.1 Å². The molecule has 3 N–H and O–H groups in total. The van der Waals surface area contributed by atoms with Gasteiger partial charge in [0.05, 0.1) is 29.8 Å². The van der Waals surface area contributed by atoms with E-state index in [1.807, 2.05) is 18.2 Å². The molecule has 0 spiro atoms. The number of rotatable bonds is 8. The van der Waals surface area contributed by atoms with Crippen molar-refractivity contribution in [3.63, 3.8) is 0 Å². The minimum Gasteiger partial charge on any atom is -0.497 e. The van der Waals surface area contributed by atoms with Crippen molar-refractivity contribution in [2.24, 2.45) is 17.6 Å². The van der Waals surface area contributed by atoms with E-state index in [2.05, 4.69) is 21.7 Å². The van der Waals surface area contributed by atoms with Crippen LogP contribution in [0.2, 0.25) is 5.02 Å². The molecule has 3 atom stereocenters. The Morgan fingerprint density at radius 1 is 1.29 bits per heavy atom. The van der Waals surface area contributed by atoms with Crippen LogP contribution in [0, 0.1) is 35.3 Å². The third-order valence-corrected chi connectivity index (χ3v) is 7.46. The number of aromatic nitrogens is 1. The predicted molar refractivity (Wildman–Crippen MR) is 143 cm³/mol. The Balaban J connectivity index is 1.42. The fraction of sp³-hybridized carbons (Fsp3) is 0.379. The first-order valence-corrected chi connectivity index (χ1v) is 12.9.